The van der Waals surface area contributed by atoms with Gasteiger partial charge in [0.05, 0.1) is 23.8 Å². The maximum atomic E-state index is 12.9. The highest BCUT2D eigenvalue weighted by molar-refractivity contribution is 6.17. The highest BCUT2D eigenvalue weighted by Crippen LogP contribution is 2.33. The van der Waals surface area contributed by atoms with Crippen molar-refractivity contribution < 1.29 is 17.9 Å². The molecule has 0 amide bonds. The van der Waals surface area contributed by atoms with E-state index in [0.29, 0.717) is 16.7 Å². The largest absolute Gasteiger partial charge is 0.416 e. The van der Waals surface area contributed by atoms with E-state index in [1.165, 1.54) is 6.07 Å². The standard InChI is InChI=1S/C17H13ClF3NO/c18-7-8-23-16(13-4-1-3-12(9-13)11-22)14-5-2-6-15(10-14)17(19,20)21/h1-6,9-10,16H,7-8H2. The molecule has 0 N–H and O–H groups in total. The van der Waals surface area contributed by atoms with E-state index in [1.807, 2.05) is 6.07 Å². The second-order valence-corrected chi connectivity index (χ2v) is 5.18. The summed E-state index contributed by atoms with van der Waals surface area (Å²) >= 11 is 5.63. The Labute approximate surface area is 137 Å². The second-order valence-electron chi connectivity index (χ2n) is 4.80. The topological polar surface area (TPSA) is 33.0 Å². The molecule has 2 aromatic carbocycles. The molecular weight excluding hydrogens is 327 g/mol. The summed E-state index contributed by atoms with van der Waals surface area (Å²) in [7, 11) is 0. The molecule has 0 fully saturated rings. The molecule has 6 heteroatoms. The van der Waals surface area contributed by atoms with Crippen molar-refractivity contribution in [2.45, 2.75) is 12.3 Å². The van der Waals surface area contributed by atoms with Gasteiger partial charge in [-0.15, -0.1) is 11.6 Å². The molecule has 2 rings (SSSR count). The maximum absolute atomic E-state index is 12.9. The highest BCUT2D eigenvalue weighted by Gasteiger charge is 2.31. The summed E-state index contributed by atoms with van der Waals surface area (Å²) in [5.41, 5.74) is 0.633. The lowest BCUT2D eigenvalue weighted by Crippen LogP contribution is -2.11. The third kappa shape index (κ3) is 4.47. The molecule has 0 aliphatic carbocycles. The molecule has 2 nitrogen and oxygen atoms in total. The molecule has 2 aromatic rings. The Kier molecular flexibility index (Phi) is 5.64. The molecule has 0 radical (unpaired) electrons. The average Bonchev–Trinajstić information content (AvgIpc) is 2.55. The molecule has 23 heavy (non-hydrogen) atoms. The van der Waals surface area contributed by atoms with Crippen LogP contribution in [0.3, 0.4) is 0 Å². The lowest BCUT2D eigenvalue weighted by atomic mass is 9.98. The van der Waals surface area contributed by atoms with Crippen LogP contribution in [0, 0.1) is 11.3 Å². The minimum Gasteiger partial charge on any atom is -0.368 e. The molecule has 1 atom stereocenters. The predicted octanol–water partition coefficient (Wildman–Crippen LogP) is 4.92. The second kappa shape index (κ2) is 7.49. The van der Waals surface area contributed by atoms with Gasteiger partial charge in [0, 0.05) is 5.88 Å². The van der Waals surface area contributed by atoms with Crippen LogP contribution in [0.5, 0.6) is 0 Å². The first-order valence-corrected chi connectivity index (χ1v) is 7.34. The van der Waals surface area contributed by atoms with Crippen LogP contribution in [-0.4, -0.2) is 12.5 Å². The fourth-order valence-electron chi connectivity index (χ4n) is 2.20. The Bertz CT molecular complexity index is 709. The van der Waals surface area contributed by atoms with Crippen molar-refractivity contribution >= 4 is 11.6 Å². The monoisotopic (exact) mass is 339 g/mol. The summed E-state index contributed by atoms with van der Waals surface area (Å²) in [4.78, 5) is 0. The minimum atomic E-state index is -4.43. The third-order valence-electron chi connectivity index (χ3n) is 3.20. The molecule has 0 bridgehead atoms. The van der Waals surface area contributed by atoms with Crippen LogP contribution in [0.25, 0.3) is 0 Å². The van der Waals surface area contributed by atoms with Crippen molar-refractivity contribution in [3.05, 3.63) is 70.8 Å². The molecule has 0 saturated carbocycles. The van der Waals surface area contributed by atoms with Crippen LogP contribution < -0.4 is 0 Å². The van der Waals surface area contributed by atoms with Crippen molar-refractivity contribution in [2.75, 3.05) is 12.5 Å². The Balaban J connectivity index is 2.44. The van der Waals surface area contributed by atoms with E-state index in [1.54, 1.807) is 30.3 Å². The highest BCUT2D eigenvalue weighted by atomic mass is 35.5. The zero-order valence-corrected chi connectivity index (χ0v) is 12.7. The van der Waals surface area contributed by atoms with Gasteiger partial charge < -0.3 is 4.74 Å². The number of alkyl halides is 4. The Hall–Kier alpha value is -2.03. The third-order valence-corrected chi connectivity index (χ3v) is 3.35. The quantitative estimate of drug-likeness (QED) is 0.724. The van der Waals surface area contributed by atoms with E-state index in [0.717, 1.165) is 12.1 Å². The Morgan fingerprint density at radius 2 is 1.74 bits per heavy atom. The Morgan fingerprint density at radius 1 is 1.09 bits per heavy atom. The van der Waals surface area contributed by atoms with Crippen LogP contribution in [0.4, 0.5) is 13.2 Å². The molecule has 0 aliphatic heterocycles. The van der Waals surface area contributed by atoms with Gasteiger partial charge in [-0.2, -0.15) is 18.4 Å². The number of nitrogens with zero attached hydrogens (tertiary/aromatic N) is 1. The SMILES string of the molecule is N#Cc1cccc(C(OCCCl)c2cccc(C(F)(F)F)c2)c1. The molecule has 0 heterocycles. The van der Waals surface area contributed by atoms with Gasteiger partial charge in [-0.25, -0.2) is 0 Å². The van der Waals surface area contributed by atoms with Crippen LogP contribution >= 0.6 is 11.6 Å². The van der Waals surface area contributed by atoms with E-state index >= 15 is 0 Å². The van der Waals surface area contributed by atoms with Gasteiger partial charge in [-0.05, 0) is 35.4 Å². The summed E-state index contributed by atoms with van der Waals surface area (Å²) in [6.07, 6.45) is -5.15. The summed E-state index contributed by atoms with van der Waals surface area (Å²) in [6.45, 7) is 0.180. The molecular formula is C17H13ClF3NO. The number of hydrogen-bond acceptors (Lipinski definition) is 2. The lowest BCUT2D eigenvalue weighted by Gasteiger charge is -2.20. The summed E-state index contributed by atoms with van der Waals surface area (Å²) in [6, 6.07) is 13.6. The first-order chi connectivity index (χ1) is 11.0. The maximum Gasteiger partial charge on any atom is 0.416 e. The van der Waals surface area contributed by atoms with Crippen LogP contribution in [0.15, 0.2) is 48.5 Å². The van der Waals surface area contributed by atoms with Crippen molar-refractivity contribution in [2.24, 2.45) is 0 Å². The van der Waals surface area contributed by atoms with Gasteiger partial charge in [0.15, 0.2) is 0 Å². The van der Waals surface area contributed by atoms with E-state index in [2.05, 4.69) is 0 Å². The molecule has 120 valence electrons. The van der Waals surface area contributed by atoms with Crippen LogP contribution in [0.1, 0.15) is 28.4 Å². The number of halogens is 4. The van der Waals surface area contributed by atoms with Gasteiger partial charge >= 0.3 is 6.18 Å². The number of nitriles is 1. The van der Waals surface area contributed by atoms with Crippen LogP contribution in [0.2, 0.25) is 0 Å². The zero-order valence-electron chi connectivity index (χ0n) is 12.0. The van der Waals surface area contributed by atoms with E-state index < -0.39 is 17.8 Å². The molecule has 0 saturated heterocycles. The van der Waals surface area contributed by atoms with E-state index in [4.69, 9.17) is 21.6 Å². The van der Waals surface area contributed by atoms with Gasteiger partial charge in [0.25, 0.3) is 0 Å². The van der Waals surface area contributed by atoms with Crippen molar-refractivity contribution in [1.29, 1.82) is 5.26 Å². The summed E-state index contributed by atoms with van der Waals surface area (Å²) in [5, 5.41) is 8.98. The zero-order chi connectivity index (χ0) is 16.9. The molecule has 1 unspecified atom stereocenters. The van der Waals surface area contributed by atoms with Crippen LogP contribution in [-0.2, 0) is 10.9 Å². The van der Waals surface area contributed by atoms with Gasteiger partial charge in [0.1, 0.15) is 6.10 Å². The smallest absolute Gasteiger partial charge is 0.368 e. The van der Waals surface area contributed by atoms with E-state index in [9.17, 15) is 13.2 Å². The molecule has 0 aliphatic rings. The van der Waals surface area contributed by atoms with Gasteiger partial charge in [0.2, 0.25) is 0 Å². The first-order valence-electron chi connectivity index (χ1n) is 6.80. The molecule has 0 spiro atoms. The molecule has 0 aromatic heterocycles. The van der Waals surface area contributed by atoms with Gasteiger partial charge in [-0.1, -0.05) is 24.3 Å². The number of hydrogen-bond donors (Lipinski definition) is 0. The number of benzene rings is 2. The fraction of sp³-hybridized carbons (Fsp3) is 0.235. The fourth-order valence-corrected chi connectivity index (χ4v) is 2.29. The van der Waals surface area contributed by atoms with E-state index in [-0.39, 0.29) is 12.5 Å². The van der Waals surface area contributed by atoms with Crippen molar-refractivity contribution in [3.8, 4) is 6.07 Å². The summed E-state index contributed by atoms with van der Waals surface area (Å²) in [5.74, 6) is 0.216. The minimum absolute atomic E-state index is 0.180. The number of rotatable bonds is 5. The van der Waals surface area contributed by atoms with Crippen molar-refractivity contribution in [1.82, 2.24) is 0 Å². The Morgan fingerprint density at radius 3 is 2.35 bits per heavy atom. The summed E-state index contributed by atoms with van der Waals surface area (Å²) < 4.78 is 44.3. The van der Waals surface area contributed by atoms with Gasteiger partial charge in [-0.3, -0.25) is 0 Å². The lowest BCUT2D eigenvalue weighted by molar-refractivity contribution is -0.137. The van der Waals surface area contributed by atoms with Crippen molar-refractivity contribution in [3.63, 3.8) is 0 Å². The first kappa shape index (κ1) is 17.3. The predicted molar refractivity (Wildman–Crippen MR) is 81.1 cm³/mol. The number of ether oxygens (including phenoxy) is 1. The normalized spacial score (nSPS) is 12.7. The average molecular weight is 340 g/mol.